The number of hydrogen-bond donors (Lipinski definition) is 2. The van der Waals surface area contributed by atoms with Gasteiger partial charge in [-0.05, 0) is 26.8 Å². The van der Waals surface area contributed by atoms with E-state index in [2.05, 4.69) is 23.6 Å². The predicted molar refractivity (Wildman–Crippen MR) is 86.1 cm³/mol. The molecule has 2 atom stereocenters. The van der Waals surface area contributed by atoms with Crippen molar-refractivity contribution in [1.29, 1.82) is 0 Å². The summed E-state index contributed by atoms with van der Waals surface area (Å²) in [5.74, 6) is 1.33. The van der Waals surface area contributed by atoms with E-state index in [4.69, 9.17) is 9.47 Å². The molecule has 2 N–H and O–H groups in total. The topological polar surface area (TPSA) is 59.6 Å². The molecule has 2 rings (SSSR count). The van der Waals surface area contributed by atoms with E-state index in [1.165, 1.54) is 5.56 Å². The highest BCUT2D eigenvalue weighted by Gasteiger charge is 2.27. The fourth-order valence-electron chi connectivity index (χ4n) is 2.51. The van der Waals surface area contributed by atoms with Crippen molar-refractivity contribution in [2.24, 2.45) is 5.92 Å². The normalized spacial score (nSPS) is 20.7. The van der Waals surface area contributed by atoms with Gasteiger partial charge >= 0.3 is 6.09 Å². The van der Waals surface area contributed by atoms with Crippen LogP contribution < -0.4 is 15.4 Å². The molecule has 2 unspecified atom stereocenters. The standard InChI is InChI=1S/C17H26N2O3/c1-12-11-21-14-8-6-5-7-13(14)15(12)18-9-10-19-16(20)22-17(2,3)4/h5-8,12,15,18H,9-11H2,1-4H3,(H,19,20). The maximum Gasteiger partial charge on any atom is 0.407 e. The minimum Gasteiger partial charge on any atom is -0.493 e. The number of carbonyl (C=O) groups excluding carboxylic acids is 1. The molecule has 122 valence electrons. The molecular weight excluding hydrogens is 280 g/mol. The third-order valence-electron chi connectivity index (χ3n) is 3.48. The van der Waals surface area contributed by atoms with Crippen LogP contribution in [0.15, 0.2) is 24.3 Å². The second kappa shape index (κ2) is 7.01. The monoisotopic (exact) mass is 306 g/mol. The molecule has 0 aliphatic carbocycles. The van der Waals surface area contributed by atoms with Crippen LogP contribution in [0.3, 0.4) is 0 Å². The van der Waals surface area contributed by atoms with Gasteiger partial charge in [0.2, 0.25) is 0 Å². The summed E-state index contributed by atoms with van der Waals surface area (Å²) in [6.45, 7) is 9.63. The van der Waals surface area contributed by atoms with Crippen molar-refractivity contribution >= 4 is 6.09 Å². The molecule has 1 amide bonds. The summed E-state index contributed by atoms with van der Waals surface area (Å²) in [7, 11) is 0. The Morgan fingerprint density at radius 2 is 2.05 bits per heavy atom. The Hall–Kier alpha value is -1.75. The van der Waals surface area contributed by atoms with Gasteiger partial charge in [0.05, 0.1) is 6.61 Å². The second-order valence-electron chi connectivity index (χ2n) is 6.69. The van der Waals surface area contributed by atoms with Crippen molar-refractivity contribution in [1.82, 2.24) is 10.6 Å². The van der Waals surface area contributed by atoms with Crippen molar-refractivity contribution < 1.29 is 14.3 Å². The zero-order valence-electron chi connectivity index (χ0n) is 13.8. The Bertz CT molecular complexity index is 511. The Morgan fingerprint density at radius 1 is 1.32 bits per heavy atom. The van der Waals surface area contributed by atoms with E-state index in [-0.39, 0.29) is 12.1 Å². The average Bonchev–Trinajstić information content (AvgIpc) is 2.43. The molecule has 0 spiro atoms. The number of fused-ring (bicyclic) bond motifs is 1. The molecule has 1 aliphatic heterocycles. The number of amides is 1. The number of ether oxygens (including phenoxy) is 2. The van der Waals surface area contributed by atoms with E-state index in [9.17, 15) is 4.79 Å². The summed E-state index contributed by atoms with van der Waals surface area (Å²) in [5.41, 5.74) is 0.713. The van der Waals surface area contributed by atoms with Gasteiger partial charge in [0.15, 0.2) is 0 Å². The first-order valence-corrected chi connectivity index (χ1v) is 7.79. The number of alkyl carbamates (subject to hydrolysis) is 1. The number of hydrogen-bond acceptors (Lipinski definition) is 4. The lowest BCUT2D eigenvalue weighted by atomic mass is 9.92. The van der Waals surface area contributed by atoms with Gasteiger partial charge in [0.1, 0.15) is 11.4 Å². The number of nitrogens with one attached hydrogen (secondary N) is 2. The van der Waals surface area contributed by atoms with Crippen LogP contribution in [-0.2, 0) is 4.74 Å². The van der Waals surface area contributed by atoms with E-state index < -0.39 is 5.60 Å². The maximum atomic E-state index is 11.6. The van der Waals surface area contributed by atoms with Gasteiger partial charge in [-0.25, -0.2) is 4.79 Å². The molecule has 5 nitrogen and oxygen atoms in total. The highest BCUT2D eigenvalue weighted by Crippen LogP contribution is 2.34. The van der Waals surface area contributed by atoms with Crippen molar-refractivity contribution in [3.05, 3.63) is 29.8 Å². The first-order chi connectivity index (χ1) is 10.4. The summed E-state index contributed by atoms with van der Waals surface area (Å²) in [6, 6.07) is 8.33. The second-order valence-corrected chi connectivity index (χ2v) is 6.69. The fourth-order valence-corrected chi connectivity index (χ4v) is 2.51. The summed E-state index contributed by atoms with van der Waals surface area (Å²) < 4.78 is 10.9. The molecule has 0 aromatic heterocycles. The Kier molecular flexibility index (Phi) is 5.29. The van der Waals surface area contributed by atoms with E-state index in [0.29, 0.717) is 25.6 Å². The van der Waals surface area contributed by atoms with Crippen molar-refractivity contribution in [3.8, 4) is 5.75 Å². The van der Waals surface area contributed by atoms with Gasteiger partial charge in [0, 0.05) is 30.6 Å². The van der Waals surface area contributed by atoms with E-state index in [1.807, 2.05) is 39.0 Å². The summed E-state index contributed by atoms with van der Waals surface area (Å²) in [5, 5.41) is 6.26. The van der Waals surface area contributed by atoms with Gasteiger partial charge in [-0.3, -0.25) is 0 Å². The molecule has 0 bridgehead atoms. The highest BCUT2D eigenvalue weighted by atomic mass is 16.6. The molecule has 1 aromatic carbocycles. The molecule has 0 saturated heterocycles. The molecular formula is C17H26N2O3. The largest absolute Gasteiger partial charge is 0.493 e. The van der Waals surface area contributed by atoms with Crippen LogP contribution in [-0.4, -0.2) is 31.4 Å². The lowest BCUT2D eigenvalue weighted by molar-refractivity contribution is 0.0527. The summed E-state index contributed by atoms with van der Waals surface area (Å²) >= 11 is 0. The van der Waals surface area contributed by atoms with Crippen LogP contribution in [0.1, 0.15) is 39.3 Å². The van der Waals surface area contributed by atoms with E-state index >= 15 is 0 Å². The molecule has 1 aliphatic rings. The zero-order chi connectivity index (χ0) is 16.2. The van der Waals surface area contributed by atoms with Gasteiger partial charge in [-0.2, -0.15) is 0 Å². The van der Waals surface area contributed by atoms with Crippen LogP contribution in [0.5, 0.6) is 5.75 Å². The van der Waals surface area contributed by atoms with Gasteiger partial charge in [0.25, 0.3) is 0 Å². The zero-order valence-corrected chi connectivity index (χ0v) is 13.8. The first-order valence-electron chi connectivity index (χ1n) is 7.79. The van der Waals surface area contributed by atoms with E-state index in [1.54, 1.807) is 0 Å². The van der Waals surface area contributed by atoms with Crippen molar-refractivity contribution in [2.45, 2.75) is 39.3 Å². The van der Waals surface area contributed by atoms with Crippen LogP contribution >= 0.6 is 0 Å². The average molecular weight is 306 g/mol. The molecule has 0 radical (unpaired) electrons. The lowest BCUT2D eigenvalue weighted by Crippen LogP contribution is -2.40. The molecule has 0 saturated carbocycles. The maximum absolute atomic E-state index is 11.6. The molecule has 22 heavy (non-hydrogen) atoms. The van der Waals surface area contributed by atoms with Gasteiger partial charge in [-0.15, -0.1) is 0 Å². The number of benzene rings is 1. The Labute approximate surface area is 132 Å². The van der Waals surface area contributed by atoms with Crippen molar-refractivity contribution in [3.63, 3.8) is 0 Å². The molecule has 1 aromatic rings. The number of rotatable bonds is 4. The van der Waals surface area contributed by atoms with Crippen molar-refractivity contribution in [2.75, 3.05) is 19.7 Å². The Balaban J connectivity index is 1.81. The van der Waals surface area contributed by atoms with Gasteiger partial charge in [-0.1, -0.05) is 25.1 Å². The molecule has 5 heteroatoms. The van der Waals surface area contributed by atoms with Crippen LogP contribution in [0.25, 0.3) is 0 Å². The predicted octanol–water partition coefficient (Wildman–Crippen LogP) is 2.87. The van der Waals surface area contributed by atoms with Crippen LogP contribution in [0.2, 0.25) is 0 Å². The third-order valence-corrected chi connectivity index (χ3v) is 3.48. The highest BCUT2D eigenvalue weighted by molar-refractivity contribution is 5.67. The van der Waals surface area contributed by atoms with Crippen LogP contribution in [0.4, 0.5) is 4.79 Å². The fraction of sp³-hybridized carbons (Fsp3) is 0.588. The van der Waals surface area contributed by atoms with Gasteiger partial charge < -0.3 is 20.1 Å². The number of para-hydroxylation sites is 1. The minimum atomic E-state index is -0.467. The lowest BCUT2D eigenvalue weighted by Gasteiger charge is -2.32. The smallest absolute Gasteiger partial charge is 0.407 e. The quantitative estimate of drug-likeness (QED) is 0.840. The SMILES string of the molecule is CC1COc2ccccc2C1NCCNC(=O)OC(C)(C)C. The first kappa shape index (κ1) is 16.6. The molecule has 1 heterocycles. The van der Waals surface area contributed by atoms with E-state index in [0.717, 1.165) is 5.75 Å². The number of carbonyl (C=O) groups is 1. The van der Waals surface area contributed by atoms with Crippen LogP contribution in [0, 0.1) is 5.92 Å². The summed E-state index contributed by atoms with van der Waals surface area (Å²) in [4.78, 5) is 11.6. The minimum absolute atomic E-state index is 0.241. The third kappa shape index (κ3) is 4.63. The summed E-state index contributed by atoms with van der Waals surface area (Å²) in [6.07, 6.45) is -0.380. The molecule has 0 fully saturated rings. The Morgan fingerprint density at radius 3 is 2.77 bits per heavy atom.